The van der Waals surface area contributed by atoms with Crippen molar-refractivity contribution in [3.05, 3.63) is 35.9 Å². The van der Waals surface area contributed by atoms with Crippen LogP contribution in [0.5, 0.6) is 0 Å². The van der Waals surface area contributed by atoms with Crippen molar-refractivity contribution in [1.82, 2.24) is 0 Å². The lowest BCUT2D eigenvalue weighted by Crippen LogP contribution is -2.22. The fourth-order valence-corrected chi connectivity index (χ4v) is 2.78. The molecule has 1 aliphatic carbocycles. The molecule has 0 unspecified atom stereocenters. The summed E-state index contributed by atoms with van der Waals surface area (Å²) in [6, 6.07) is 10.5. The predicted molar refractivity (Wildman–Crippen MR) is 75.3 cm³/mol. The Balaban J connectivity index is 1.65. The number of ether oxygens (including phenoxy) is 1. The molecule has 2 N–H and O–H groups in total. The van der Waals surface area contributed by atoms with Crippen molar-refractivity contribution < 1.29 is 4.74 Å². The highest BCUT2D eigenvalue weighted by Crippen LogP contribution is 2.29. The summed E-state index contributed by atoms with van der Waals surface area (Å²) in [5.41, 5.74) is 6.84. The first-order chi connectivity index (χ1) is 8.88. The molecular weight excluding hydrogens is 222 g/mol. The SMILES string of the molecule is NCCCC1CCC(OCc2ccccc2)CC1. The fraction of sp³-hybridized carbons (Fsp3) is 0.625. The minimum absolute atomic E-state index is 0.472. The van der Waals surface area contributed by atoms with E-state index in [2.05, 4.69) is 24.3 Å². The van der Waals surface area contributed by atoms with Crippen LogP contribution in [0.4, 0.5) is 0 Å². The number of hydrogen-bond donors (Lipinski definition) is 1. The number of nitrogens with two attached hydrogens (primary N) is 1. The maximum Gasteiger partial charge on any atom is 0.0720 e. The Hall–Kier alpha value is -0.860. The summed E-state index contributed by atoms with van der Waals surface area (Å²) >= 11 is 0. The van der Waals surface area contributed by atoms with Gasteiger partial charge in [-0.15, -0.1) is 0 Å². The van der Waals surface area contributed by atoms with Gasteiger partial charge in [0.2, 0.25) is 0 Å². The molecule has 0 aromatic heterocycles. The molecular formula is C16H25NO. The van der Waals surface area contributed by atoms with E-state index >= 15 is 0 Å². The molecule has 0 amide bonds. The van der Waals surface area contributed by atoms with Crippen molar-refractivity contribution in [2.45, 2.75) is 51.2 Å². The normalized spacial score (nSPS) is 24.1. The molecule has 1 aromatic rings. The van der Waals surface area contributed by atoms with E-state index < -0.39 is 0 Å². The van der Waals surface area contributed by atoms with Gasteiger partial charge in [-0.05, 0) is 56.6 Å². The molecule has 1 aromatic carbocycles. The number of hydrogen-bond acceptors (Lipinski definition) is 2. The van der Waals surface area contributed by atoms with E-state index in [0.717, 1.165) is 19.1 Å². The van der Waals surface area contributed by atoms with Crippen molar-refractivity contribution in [1.29, 1.82) is 0 Å². The molecule has 1 aliphatic rings. The molecule has 2 rings (SSSR count). The van der Waals surface area contributed by atoms with Gasteiger partial charge in [0.15, 0.2) is 0 Å². The van der Waals surface area contributed by atoms with Gasteiger partial charge >= 0.3 is 0 Å². The summed E-state index contributed by atoms with van der Waals surface area (Å²) in [5.74, 6) is 0.894. The Bertz CT molecular complexity index is 317. The van der Waals surface area contributed by atoms with E-state index in [9.17, 15) is 0 Å². The lowest BCUT2D eigenvalue weighted by atomic mass is 9.84. The molecule has 1 fully saturated rings. The summed E-state index contributed by atoms with van der Waals surface area (Å²) in [6.45, 7) is 1.60. The van der Waals surface area contributed by atoms with E-state index in [1.165, 1.54) is 44.1 Å². The number of rotatable bonds is 6. The van der Waals surface area contributed by atoms with Crippen LogP contribution in [-0.2, 0) is 11.3 Å². The highest BCUT2D eigenvalue weighted by molar-refractivity contribution is 5.13. The van der Waals surface area contributed by atoms with Crippen molar-refractivity contribution in [2.24, 2.45) is 11.7 Å². The molecule has 0 saturated heterocycles. The van der Waals surface area contributed by atoms with Gasteiger partial charge < -0.3 is 10.5 Å². The van der Waals surface area contributed by atoms with Gasteiger partial charge in [-0.25, -0.2) is 0 Å². The maximum absolute atomic E-state index is 6.00. The topological polar surface area (TPSA) is 35.2 Å². The monoisotopic (exact) mass is 247 g/mol. The fourth-order valence-electron chi connectivity index (χ4n) is 2.78. The van der Waals surface area contributed by atoms with Gasteiger partial charge in [0.1, 0.15) is 0 Å². The van der Waals surface area contributed by atoms with Crippen molar-refractivity contribution in [3.8, 4) is 0 Å². The van der Waals surface area contributed by atoms with E-state index in [0.29, 0.717) is 6.10 Å². The smallest absolute Gasteiger partial charge is 0.0720 e. The second-order valence-electron chi connectivity index (χ2n) is 5.37. The van der Waals surface area contributed by atoms with Crippen LogP contribution in [0.3, 0.4) is 0 Å². The summed E-state index contributed by atoms with van der Waals surface area (Å²) in [6.07, 6.45) is 8.05. The van der Waals surface area contributed by atoms with Crippen LogP contribution in [0.1, 0.15) is 44.1 Å². The maximum atomic E-state index is 6.00. The van der Waals surface area contributed by atoms with Crippen LogP contribution >= 0.6 is 0 Å². The van der Waals surface area contributed by atoms with Gasteiger partial charge in [-0.3, -0.25) is 0 Å². The van der Waals surface area contributed by atoms with Crippen LogP contribution in [0.15, 0.2) is 30.3 Å². The summed E-state index contributed by atoms with van der Waals surface area (Å²) in [7, 11) is 0. The standard InChI is InChI=1S/C16H25NO/c17-12-4-7-14-8-10-16(11-9-14)18-13-15-5-2-1-3-6-15/h1-3,5-6,14,16H,4,7-13,17H2. The molecule has 0 bridgehead atoms. The first-order valence-corrected chi connectivity index (χ1v) is 7.24. The van der Waals surface area contributed by atoms with Crippen molar-refractivity contribution in [2.75, 3.05) is 6.54 Å². The first-order valence-electron chi connectivity index (χ1n) is 7.24. The Labute approximate surface area is 111 Å². The first kappa shape index (κ1) is 13.6. The third-order valence-electron chi connectivity index (χ3n) is 3.94. The van der Waals surface area contributed by atoms with Crippen LogP contribution in [0.25, 0.3) is 0 Å². The van der Waals surface area contributed by atoms with Crippen LogP contribution in [0, 0.1) is 5.92 Å². The minimum Gasteiger partial charge on any atom is -0.374 e. The molecule has 0 heterocycles. The van der Waals surface area contributed by atoms with Crippen molar-refractivity contribution >= 4 is 0 Å². The van der Waals surface area contributed by atoms with E-state index in [4.69, 9.17) is 10.5 Å². The molecule has 18 heavy (non-hydrogen) atoms. The molecule has 1 saturated carbocycles. The Morgan fingerprint density at radius 1 is 1.06 bits per heavy atom. The molecule has 0 spiro atoms. The zero-order valence-corrected chi connectivity index (χ0v) is 11.2. The molecule has 0 aliphatic heterocycles. The highest BCUT2D eigenvalue weighted by atomic mass is 16.5. The third-order valence-corrected chi connectivity index (χ3v) is 3.94. The third kappa shape index (κ3) is 4.43. The summed E-state index contributed by atoms with van der Waals surface area (Å²) in [5, 5.41) is 0. The van der Waals surface area contributed by atoms with Crippen molar-refractivity contribution in [3.63, 3.8) is 0 Å². The van der Waals surface area contributed by atoms with Crippen LogP contribution < -0.4 is 5.73 Å². The summed E-state index contributed by atoms with van der Waals surface area (Å²) < 4.78 is 6.00. The van der Waals surface area contributed by atoms with Gasteiger partial charge in [-0.1, -0.05) is 30.3 Å². The average molecular weight is 247 g/mol. The summed E-state index contributed by atoms with van der Waals surface area (Å²) in [4.78, 5) is 0. The Morgan fingerprint density at radius 3 is 2.44 bits per heavy atom. The average Bonchev–Trinajstić information content (AvgIpc) is 2.45. The van der Waals surface area contributed by atoms with E-state index in [1.54, 1.807) is 0 Å². The lowest BCUT2D eigenvalue weighted by molar-refractivity contribution is 0.00626. The zero-order valence-electron chi connectivity index (χ0n) is 11.2. The molecule has 0 radical (unpaired) electrons. The van der Waals surface area contributed by atoms with Gasteiger partial charge in [0.05, 0.1) is 12.7 Å². The van der Waals surface area contributed by atoms with Gasteiger partial charge in [-0.2, -0.15) is 0 Å². The van der Waals surface area contributed by atoms with Gasteiger partial charge in [0.25, 0.3) is 0 Å². The second kappa shape index (κ2) is 7.55. The second-order valence-corrected chi connectivity index (χ2v) is 5.37. The molecule has 0 atom stereocenters. The Kier molecular flexibility index (Phi) is 5.69. The number of benzene rings is 1. The van der Waals surface area contributed by atoms with Crippen LogP contribution in [0.2, 0.25) is 0 Å². The van der Waals surface area contributed by atoms with E-state index in [-0.39, 0.29) is 0 Å². The largest absolute Gasteiger partial charge is 0.374 e. The lowest BCUT2D eigenvalue weighted by Gasteiger charge is -2.28. The molecule has 100 valence electrons. The minimum atomic E-state index is 0.472. The van der Waals surface area contributed by atoms with E-state index in [1.807, 2.05) is 6.07 Å². The Morgan fingerprint density at radius 2 is 1.78 bits per heavy atom. The predicted octanol–water partition coefficient (Wildman–Crippen LogP) is 3.50. The molecule has 2 nitrogen and oxygen atoms in total. The highest BCUT2D eigenvalue weighted by Gasteiger charge is 2.21. The zero-order chi connectivity index (χ0) is 12.6. The quantitative estimate of drug-likeness (QED) is 0.835. The molecule has 2 heteroatoms. The van der Waals surface area contributed by atoms with Gasteiger partial charge in [0, 0.05) is 0 Å². The van der Waals surface area contributed by atoms with Crippen LogP contribution in [-0.4, -0.2) is 12.6 Å².